The number of benzene rings is 2. The van der Waals surface area contributed by atoms with Crippen LogP contribution in [0, 0.1) is 19.7 Å². The lowest BCUT2D eigenvalue weighted by Gasteiger charge is -2.07. The van der Waals surface area contributed by atoms with Gasteiger partial charge in [0.2, 0.25) is 0 Å². The predicted octanol–water partition coefficient (Wildman–Crippen LogP) is 4.38. The van der Waals surface area contributed by atoms with Crippen molar-refractivity contribution in [3.63, 3.8) is 0 Å². The van der Waals surface area contributed by atoms with Crippen LogP contribution in [0.25, 0.3) is 11.4 Å². The number of aryl methyl sites for hydroxylation is 2. The summed E-state index contributed by atoms with van der Waals surface area (Å²) in [5.41, 5.74) is 2.97. The summed E-state index contributed by atoms with van der Waals surface area (Å²) in [6.07, 6.45) is 0. The molecule has 7 nitrogen and oxygen atoms in total. The van der Waals surface area contributed by atoms with Crippen molar-refractivity contribution in [1.29, 1.82) is 0 Å². The van der Waals surface area contributed by atoms with Crippen LogP contribution >= 0.6 is 11.6 Å². The highest BCUT2D eigenvalue weighted by Crippen LogP contribution is 2.24. The second-order valence-corrected chi connectivity index (χ2v) is 7.17. The van der Waals surface area contributed by atoms with Gasteiger partial charge in [-0.15, -0.1) is 0 Å². The third-order valence-electron chi connectivity index (χ3n) is 4.51. The van der Waals surface area contributed by atoms with E-state index in [9.17, 15) is 9.18 Å². The van der Waals surface area contributed by atoms with E-state index in [0.29, 0.717) is 29.6 Å². The molecule has 0 aliphatic heterocycles. The number of carbonyl (C=O) groups is 1. The van der Waals surface area contributed by atoms with Gasteiger partial charge in [0.1, 0.15) is 16.8 Å². The maximum absolute atomic E-state index is 13.1. The first-order chi connectivity index (χ1) is 14.4. The summed E-state index contributed by atoms with van der Waals surface area (Å²) in [5.74, 6) is 0.565. The van der Waals surface area contributed by atoms with Gasteiger partial charge in [-0.3, -0.25) is 9.89 Å². The number of nitrogens with one attached hydrogen (secondary N) is 2. The van der Waals surface area contributed by atoms with Crippen LogP contribution in [-0.2, 0) is 6.54 Å². The summed E-state index contributed by atoms with van der Waals surface area (Å²) < 4.78 is 14.6. The fourth-order valence-electron chi connectivity index (χ4n) is 3.08. The average molecular weight is 425 g/mol. The Kier molecular flexibility index (Phi) is 5.33. The lowest BCUT2D eigenvalue weighted by molar-refractivity contribution is 0.102. The van der Waals surface area contributed by atoms with Gasteiger partial charge in [-0.05, 0) is 43.7 Å². The molecule has 0 aliphatic rings. The van der Waals surface area contributed by atoms with Crippen molar-refractivity contribution in [1.82, 2.24) is 25.0 Å². The number of aromatic nitrogens is 5. The van der Waals surface area contributed by atoms with Crippen LogP contribution in [0.15, 0.2) is 48.5 Å². The standard InChI is InChI=1S/C21H18ClFN6O/c1-12-18(19(22)29(28-12)11-14-6-8-16(23)9-7-14)21(30)25-17-5-3-4-15(10-17)20-24-13(2)26-27-20/h3-10H,11H2,1-2H3,(H,25,30)(H,24,26,27). The summed E-state index contributed by atoms with van der Waals surface area (Å²) in [5, 5.41) is 14.4. The van der Waals surface area contributed by atoms with Gasteiger partial charge in [-0.1, -0.05) is 35.9 Å². The van der Waals surface area contributed by atoms with Crippen molar-refractivity contribution in [2.24, 2.45) is 0 Å². The number of carbonyl (C=O) groups excluding carboxylic acids is 1. The molecule has 152 valence electrons. The molecule has 2 aromatic carbocycles. The van der Waals surface area contributed by atoms with E-state index in [2.05, 4.69) is 25.6 Å². The Balaban J connectivity index is 1.55. The van der Waals surface area contributed by atoms with Gasteiger partial charge in [-0.25, -0.2) is 14.1 Å². The topological polar surface area (TPSA) is 88.5 Å². The van der Waals surface area contributed by atoms with E-state index < -0.39 is 0 Å². The van der Waals surface area contributed by atoms with Crippen molar-refractivity contribution in [3.05, 3.63) is 82.1 Å². The highest BCUT2D eigenvalue weighted by Gasteiger charge is 2.21. The van der Waals surface area contributed by atoms with E-state index in [4.69, 9.17) is 11.6 Å². The minimum Gasteiger partial charge on any atom is -0.322 e. The molecule has 2 aromatic heterocycles. The number of rotatable bonds is 5. The van der Waals surface area contributed by atoms with E-state index in [-0.39, 0.29) is 22.4 Å². The number of hydrogen-bond acceptors (Lipinski definition) is 4. The smallest absolute Gasteiger partial charge is 0.260 e. The molecule has 4 rings (SSSR count). The van der Waals surface area contributed by atoms with Crippen molar-refractivity contribution >= 4 is 23.2 Å². The monoisotopic (exact) mass is 424 g/mol. The quantitative estimate of drug-likeness (QED) is 0.497. The van der Waals surface area contributed by atoms with Crippen LogP contribution in [-0.4, -0.2) is 30.9 Å². The van der Waals surface area contributed by atoms with E-state index in [1.807, 2.05) is 19.1 Å². The molecule has 1 amide bonds. The lowest BCUT2D eigenvalue weighted by atomic mass is 10.1. The summed E-state index contributed by atoms with van der Waals surface area (Å²) >= 11 is 6.44. The molecular formula is C21H18ClFN6O. The van der Waals surface area contributed by atoms with Gasteiger partial charge in [0.25, 0.3) is 5.91 Å². The first kappa shape index (κ1) is 19.8. The predicted molar refractivity (Wildman–Crippen MR) is 112 cm³/mol. The Bertz CT molecular complexity index is 1210. The Hall–Kier alpha value is -3.52. The molecule has 0 radical (unpaired) electrons. The number of halogens is 2. The highest BCUT2D eigenvalue weighted by molar-refractivity contribution is 6.33. The molecule has 0 fully saturated rings. The van der Waals surface area contributed by atoms with Crippen molar-refractivity contribution < 1.29 is 9.18 Å². The third-order valence-corrected chi connectivity index (χ3v) is 4.90. The molecule has 0 bridgehead atoms. The highest BCUT2D eigenvalue weighted by atomic mass is 35.5. The molecule has 30 heavy (non-hydrogen) atoms. The molecule has 2 heterocycles. The molecule has 0 saturated carbocycles. The van der Waals surface area contributed by atoms with E-state index in [1.165, 1.54) is 16.8 Å². The van der Waals surface area contributed by atoms with Crippen LogP contribution in [0.3, 0.4) is 0 Å². The fourth-order valence-corrected chi connectivity index (χ4v) is 3.40. The van der Waals surface area contributed by atoms with Crippen molar-refractivity contribution in [3.8, 4) is 11.4 Å². The normalized spacial score (nSPS) is 10.9. The van der Waals surface area contributed by atoms with Crippen LogP contribution in [0.4, 0.5) is 10.1 Å². The second kappa shape index (κ2) is 8.08. The number of H-pyrrole nitrogens is 1. The Labute approximate surface area is 176 Å². The molecule has 0 aliphatic carbocycles. The first-order valence-electron chi connectivity index (χ1n) is 9.19. The lowest BCUT2D eigenvalue weighted by Crippen LogP contribution is -2.13. The van der Waals surface area contributed by atoms with Crippen LogP contribution in [0.2, 0.25) is 5.15 Å². The van der Waals surface area contributed by atoms with E-state index >= 15 is 0 Å². The summed E-state index contributed by atoms with van der Waals surface area (Å²) in [4.78, 5) is 17.2. The summed E-state index contributed by atoms with van der Waals surface area (Å²) in [7, 11) is 0. The van der Waals surface area contributed by atoms with E-state index in [0.717, 1.165) is 11.1 Å². The van der Waals surface area contributed by atoms with Gasteiger partial charge in [0.05, 0.1) is 17.8 Å². The zero-order valence-electron chi connectivity index (χ0n) is 16.3. The Morgan fingerprint density at radius 3 is 2.67 bits per heavy atom. The number of nitrogens with zero attached hydrogens (tertiary/aromatic N) is 4. The zero-order valence-corrected chi connectivity index (χ0v) is 17.0. The fraction of sp³-hybridized carbons (Fsp3) is 0.143. The first-order valence-corrected chi connectivity index (χ1v) is 9.56. The minimum atomic E-state index is -0.369. The maximum Gasteiger partial charge on any atom is 0.260 e. The summed E-state index contributed by atoms with van der Waals surface area (Å²) in [6, 6.07) is 13.3. The number of amides is 1. The van der Waals surface area contributed by atoms with Gasteiger partial charge in [-0.2, -0.15) is 10.2 Å². The van der Waals surface area contributed by atoms with Crippen molar-refractivity contribution in [2.75, 3.05) is 5.32 Å². The minimum absolute atomic E-state index is 0.218. The summed E-state index contributed by atoms with van der Waals surface area (Å²) in [6.45, 7) is 3.86. The third kappa shape index (κ3) is 4.08. The largest absolute Gasteiger partial charge is 0.322 e. The van der Waals surface area contributed by atoms with Crippen LogP contribution in [0.1, 0.15) is 27.4 Å². The molecule has 4 aromatic rings. The van der Waals surface area contributed by atoms with Gasteiger partial charge in [0.15, 0.2) is 5.82 Å². The molecular weight excluding hydrogens is 407 g/mol. The second-order valence-electron chi connectivity index (χ2n) is 6.81. The molecule has 0 atom stereocenters. The van der Waals surface area contributed by atoms with Gasteiger partial charge in [0, 0.05) is 11.3 Å². The SMILES string of the molecule is Cc1nc(-c2cccc(NC(=O)c3c(C)nn(Cc4ccc(F)cc4)c3Cl)c2)n[nH]1. The van der Waals surface area contributed by atoms with Crippen molar-refractivity contribution in [2.45, 2.75) is 20.4 Å². The van der Waals surface area contributed by atoms with Crippen LogP contribution < -0.4 is 5.32 Å². The maximum atomic E-state index is 13.1. The number of aromatic amines is 1. The molecule has 9 heteroatoms. The zero-order chi connectivity index (χ0) is 21.3. The van der Waals surface area contributed by atoms with Gasteiger partial charge >= 0.3 is 0 Å². The van der Waals surface area contributed by atoms with Gasteiger partial charge < -0.3 is 5.32 Å². The number of hydrogen-bond donors (Lipinski definition) is 2. The number of anilines is 1. The van der Waals surface area contributed by atoms with Crippen LogP contribution in [0.5, 0.6) is 0 Å². The Morgan fingerprint density at radius 1 is 1.20 bits per heavy atom. The molecule has 0 unspecified atom stereocenters. The average Bonchev–Trinajstić information content (AvgIpc) is 3.27. The Morgan fingerprint density at radius 2 is 1.97 bits per heavy atom. The van der Waals surface area contributed by atoms with E-state index in [1.54, 1.807) is 31.2 Å². The molecule has 2 N–H and O–H groups in total. The molecule has 0 saturated heterocycles. The molecule has 0 spiro atoms.